The lowest BCUT2D eigenvalue weighted by Crippen LogP contribution is -2.02. The molecule has 0 unspecified atom stereocenters. The Morgan fingerprint density at radius 1 is 1.50 bits per heavy atom. The van der Waals surface area contributed by atoms with Crippen LogP contribution in [-0.4, -0.2) is 14.7 Å². The molecule has 6 heteroatoms. The molecule has 0 bridgehead atoms. The van der Waals surface area contributed by atoms with Crippen LogP contribution in [0.4, 0.5) is 5.69 Å². The summed E-state index contributed by atoms with van der Waals surface area (Å²) < 4.78 is 2.32. The Balaban J connectivity index is 2.71. The van der Waals surface area contributed by atoms with Gasteiger partial charge in [-0.1, -0.05) is 0 Å². The number of nitrogens with zero attached hydrogens (tertiary/aromatic N) is 3. The van der Waals surface area contributed by atoms with Gasteiger partial charge >= 0.3 is 0 Å². The summed E-state index contributed by atoms with van der Waals surface area (Å²) in [6.45, 7) is 4.03. The van der Waals surface area contributed by atoms with Crippen LogP contribution in [0.25, 0.3) is 10.9 Å². The first-order chi connectivity index (χ1) is 7.50. The van der Waals surface area contributed by atoms with Gasteiger partial charge in [0.15, 0.2) is 0 Å². The Morgan fingerprint density at radius 2 is 2.19 bits per heavy atom. The molecule has 0 atom stereocenters. The highest BCUT2D eigenvalue weighted by molar-refractivity contribution is 9.10. The van der Waals surface area contributed by atoms with Crippen LogP contribution < -0.4 is 0 Å². The van der Waals surface area contributed by atoms with Crippen LogP contribution in [0.1, 0.15) is 19.9 Å². The molecule has 1 aromatic heterocycles. The highest BCUT2D eigenvalue weighted by Crippen LogP contribution is 2.30. The minimum absolute atomic E-state index is 0.0656. The molecular formula is C10H10BrN3O2. The number of rotatable bonds is 2. The zero-order valence-electron chi connectivity index (χ0n) is 8.85. The molecule has 0 aliphatic carbocycles. The smallest absolute Gasteiger partial charge is 0.262 e. The highest BCUT2D eigenvalue weighted by Gasteiger charge is 2.16. The van der Waals surface area contributed by atoms with Gasteiger partial charge in [0, 0.05) is 17.5 Å². The molecule has 5 nitrogen and oxygen atoms in total. The fourth-order valence-corrected chi connectivity index (χ4v) is 2.08. The maximum atomic E-state index is 10.8. The van der Waals surface area contributed by atoms with Crippen molar-refractivity contribution in [3.8, 4) is 0 Å². The Labute approximate surface area is 100 Å². The zero-order chi connectivity index (χ0) is 11.9. The van der Waals surface area contributed by atoms with E-state index in [0.29, 0.717) is 4.47 Å². The topological polar surface area (TPSA) is 61.0 Å². The van der Waals surface area contributed by atoms with Crippen molar-refractivity contribution in [1.29, 1.82) is 0 Å². The predicted molar refractivity (Wildman–Crippen MR) is 64.5 cm³/mol. The second kappa shape index (κ2) is 3.86. The number of benzene rings is 1. The molecule has 2 rings (SSSR count). The van der Waals surface area contributed by atoms with Crippen molar-refractivity contribution < 1.29 is 4.92 Å². The van der Waals surface area contributed by atoms with E-state index in [1.165, 1.54) is 6.07 Å². The number of nitro benzene ring substituents is 1. The zero-order valence-corrected chi connectivity index (χ0v) is 10.4. The standard InChI is InChI=1S/C10H10BrN3O2/c1-6(2)13-9-4-8(11)10(14(15)16)3-7(9)5-12-13/h3-6H,1-2H3. The average Bonchev–Trinajstić information content (AvgIpc) is 2.58. The molecule has 0 spiro atoms. The first kappa shape index (κ1) is 11.1. The van der Waals surface area contributed by atoms with Gasteiger partial charge in [0.05, 0.1) is 21.1 Å². The molecule has 0 aliphatic rings. The lowest BCUT2D eigenvalue weighted by molar-refractivity contribution is -0.385. The maximum absolute atomic E-state index is 10.8. The predicted octanol–water partition coefficient (Wildman–Crippen LogP) is 3.29. The fourth-order valence-electron chi connectivity index (χ4n) is 1.61. The summed E-state index contributed by atoms with van der Waals surface area (Å²) >= 11 is 3.20. The molecule has 2 aromatic rings. The number of fused-ring (bicyclic) bond motifs is 1. The third-order valence-electron chi connectivity index (χ3n) is 2.35. The van der Waals surface area contributed by atoms with Gasteiger partial charge < -0.3 is 0 Å². The monoisotopic (exact) mass is 283 g/mol. The van der Waals surface area contributed by atoms with Crippen molar-refractivity contribution in [2.45, 2.75) is 19.9 Å². The Kier molecular flexibility index (Phi) is 2.67. The third kappa shape index (κ3) is 1.69. The summed E-state index contributed by atoms with van der Waals surface area (Å²) in [4.78, 5) is 10.3. The molecule has 16 heavy (non-hydrogen) atoms. The average molecular weight is 284 g/mol. The van der Waals surface area contributed by atoms with E-state index >= 15 is 0 Å². The van der Waals surface area contributed by atoms with Gasteiger partial charge in [-0.2, -0.15) is 5.10 Å². The number of hydrogen-bond acceptors (Lipinski definition) is 3. The summed E-state index contributed by atoms with van der Waals surface area (Å²) in [5.74, 6) is 0. The van der Waals surface area contributed by atoms with Crippen molar-refractivity contribution in [3.63, 3.8) is 0 Å². The Hall–Kier alpha value is -1.43. The molecule has 0 N–H and O–H groups in total. The molecule has 0 saturated heterocycles. The highest BCUT2D eigenvalue weighted by atomic mass is 79.9. The van der Waals surface area contributed by atoms with E-state index in [-0.39, 0.29) is 11.7 Å². The van der Waals surface area contributed by atoms with Gasteiger partial charge in [-0.25, -0.2) is 0 Å². The summed E-state index contributed by atoms with van der Waals surface area (Å²) in [5.41, 5.74) is 0.961. The molecule has 0 aliphatic heterocycles. The van der Waals surface area contributed by atoms with Crippen molar-refractivity contribution in [2.75, 3.05) is 0 Å². The summed E-state index contributed by atoms with van der Waals surface area (Å²) in [6, 6.07) is 3.50. The van der Waals surface area contributed by atoms with E-state index in [4.69, 9.17) is 0 Å². The van der Waals surface area contributed by atoms with Crippen LogP contribution >= 0.6 is 15.9 Å². The molecule has 0 saturated carbocycles. The van der Waals surface area contributed by atoms with Crippen LogP contribution in [0.15, 0.2) is 22.8 Å². The van der Waals surface area contributed by atoms with E-state index in [9.17, 15) is 10.1 Å². The van der Waals surface area contributed by atoms with E-state index in [0.717, 1.165) is 10.9 Å². The molecule has 0 fully saturated rings. The largest absolute Gasteiger partial charge is 0.284 e. The molecule has 1 heterocycles. The lowest BCUT2D eigenvalue weighted by atomic mass is 10.2. The molecule has 0 amide bonds. The fraction of sp³-hybridized carbons (Fsp3) is 0.300. The quantitative estimate of drug-likeness (QED) is 0.628. The van der Waals surface area contributed by atoms with Gasteiger partial charge in [-0.15, -0.1) is 0 Å². The minimum atomic E-state index is -0.407. The number of aromatic nitrogens is 2. The van der Waals surface area contributed by atoms with E-state index in [1.54, 1.807) is 12.3 Å². The van der Waals surface area contributed by atoms with Crippen LogP contribution in [-0.2, 0) is 0 Å². The molecule has 84 valence electrons. The second-order valence-corrected chi connectivity index (χ2v) is 4.66. The van der Waals surface area contributed by atoms with E-state index < -0.39 is 4.92 Å². The van der Waals surface area contributed by atoms with E-state index in [1.807, 2.05) is 18.5 Å². The van der Waals surface area contributed by atoms with Crippen molar-refractivity contribution in [3.05, 3.63) is 32.9 Å². The van der Waals surface area contributed by atoms with Gasteiger partial charge in [0.25, 0.3) is 5.69 Å². The second-order valence-electron chi connectivity index (χ2n) is 3.80. The van der Waals surface area contributed by atoms with Gasteiger partial charge in [-0.05, 0) is 35.8 Å². The Bertz CT molecular complexity index is 562. The molecule has 0 radical (unpaired) electrons. The number of nitro groups is 1. The number of hydrogen-bond donors (Lipinski definition) is 0. The summed E-state index contributed by atoms with van der Waals surface area (Å²) in [7, 11) is 0. The minimum Gasteiger partial charge on any atom is -0.262 e. The van der Waals surface area contributed by atoms with Crippen LogP contribution in [0.5, 0.6) is 0 Å². The van der Waals surface area contributed by atoms with Crippen LogP contribution in [0.3, 0.4) is 0 Å². The SMILES string of the molecule is CC(C)n1ncc2cc([N+](=O)[O-])c(Br)cc21. The first-order valence-corrected chi connectivity index (χ1v) is 5.61. The van der Waals surface area contributed by atoms with Crippen molar-refractivity contribution in [2.24, 2.45) is 0 Å². The molecule has 1 aromatic carbocycles. The summed E-state index contributed by atoms with van der Waals surface area (Å²) in [5, 5.41) is 15.7. The van der Waals surface area contributed by atoms with E-state index in [2.05, 4.69) is 21.0 Å². The van der Waals surface area contributed by atoms with Gasteiger partial charge in [0.2, 0.25) is 0 Å². The van der Waals surface area contributed by atoms with Crippen molar-refractivity contribution >= 4 is 32.5 Å². The lowest BCUT2D eigenvalue weighted by Gasteiger charge is -2.07. The Morgan fingerprint density at radius 3 is 2.75 bits per heavy atom. The maximum Gasteiger partial charge on any atom is 0.284 e. The number of halogens is 1. The van der Waals surface area contributed by atoms with Gasteiger partial charge in [-0.3, -0.25) is 14.8 Å². The van der Waals surface area contributed by atoms with Crippen LogP contribution in [0, 0.1) is 10.1 Å². The first-order valence-electron chi connectivity index (χ1n) is 4.82. The molecular weight excluding hydrogens is 274 g/mol. The van der Waals surface area contributed by atoms with Gasteiger partial charge in [0.1, 0.15) is 0 Å². The van der Waals surface area contributed by atoms with Crippen molar-refractivity contribution in [1.82, 2.24) is 9.78 Å². The summed E-state index contributed by atoms with van der Waals surface area (Å²) in [6.07, 6.45) is 1.65. The normalized spacial score (nSPS) is 11.2. The van der Waals surface area contributed by atoms with Crippen LogP contribution in [0.2, 0.25) is 0 Å². The third-order valence-corrected chi connectivity index (χ3v) is 2.99.